The number of nitrogens with one attached hydrogen (secondary N) is 1. The Morgan fingerprint density at radius 2 is 2.06 bits per heavy atom. The van der Waals surface area contributed by atoms with Crippen LogP contribution in [0.3, 0.4) is 0 Å². The van der Waals surface area contributed by atoms with E-state index in [1.807, 2.05) is 58.9 Å². The summed E-state index contributed by atoms with van der Waals surface area (Å²) in [6.07, 6.45) is 3.48. The summed E-state index contributed by atoms with van der Waals surface area (Å²) in [5.74, 6) is 1.40. The molecule has 8 nitrogen and oxygen atoms in total. The van der Waals surface area contributed by atoms with Crippen LogP contribution in [0, 0.1) is 6.92 Å². The summed E-state index contributed by atoms with van der Waals surface area (Å²) in [6.45, 7) is 7.01. The fraction of sp³-hybridized carbons (Fsp3) is 0.308. The van der Waals surface area contributed by atoms with Crippen LogP contribution >= 0.6 is 11.8 Å². The van der Waals surface area contributed by atoms with Gasteiger partial charge in [-0.3, -0.25) is 9.59 Å². The summed E-state index contributed by atoms with van der Waals surface area (Å²) in [4.78, 5) is 27.7. The number of carbonyl (C=O) groups excluding carboxylic acids is 2. The molecule has 9 heteroatoms. The van der Waals surface area contributed by atoms with Crippen LogP contribution in [0.4, 0.5) is 5.69 Å². The molecular formula is C26H29N5O3S. The van der Waals surface area contributed by atoms with Crippen molar-refractivity contribution in [3.05, 3.63) is 78.1 Å². The second kappa shape index (κ2) is 11.2. The maximum atomic E-state index is 13.3. The molecule has 0 spiro atoms. The topological polar surface area (TPSA) is 89.3 Å². The molecule has 4 rings (SSSR count). The highest BCUT2D eigenvalue weighted by molar-refractivity contribution is 7.99. The van der Waals surface area contributed by atoms with Crippen LogP contribution in [0.1, 0.15) is 40.6 Å². The number of amides is 2. The third kappa shape index (κ3) is 5.74. The van der Waals surface area contributed by atoms with Crippen molar-refractivity contribution in [3.8, 4) is 5.75 Å². The van der Waals surface area contributed by atoms with E-state index >= 15 is 0 Å². The molecule has 1 aliphatic rings. The summed E-state index contributed by atoms with van der Waals surface area (Å²) < 4.78 is 7.15. The largest absolute Gasteiger partial charge is 0.497 e. The van der Waals surface area contributed by atoms with E-state index in [-0.39, 0.29) is 23.6 Å². The van der Waals surface area contributed by atoms with Gasteiger partial charge in [0.25, 0.3) is 5.91 Å². The molecule has 0 bridgehead atoms. The van der Waals surface area contributed by atoms with E-state index in [9.17, 15) is 9.59 Å². The first kappa shape index (κ1) is 24.5. The van der Waals surface area contributed by atoms with Crippen molar-refractivity contribution in [1.82, 2.24) is 19.7 Å². The quantitative estimate of drug-likeness (QED) is 0.350. The van der Waals surface area contributed by atoms with Crippen molar-refractivity contribution in [2.45, 2.75) is 37.5 Å². The molecule has 1 unspecified atom stereocenters. The van der Waals surface area contributed by atoms with Gasteiger partial charge in [0.1, 0.15) is 5.75 Å². The Morgan fingerprint density at radius 3 is 2.83 bits per heavy atom. The molecule has 0 aliphatic carbocycles. The number of hydrogen-bond acceptors (Lipinski definition) is 6. The van der Waals surface area contributed by atoms with Gasteiger partial charge < -0.3 is 19.5 Å². The molecule has 182 valence electrons. The molecule has 2 amide bonds. The molecule has 1 N–H and O–H groups in total. The van der Waals surface area contributed by atoms with Crippen LogP contribution in [0.2, 0.25) is 0 Å². The monoisotopic (exact) mass is 491 g/mol. The molecule has 2 heterocycles. The minimum Gasteiger partial charge on any atom is -0.497 e. The fourth-order valence-corrected chi connectivity index (χ4v) is 4.96. The Morgan fingerprint density at radius 1 is 1.23 bits per heavy atom. The lowest BCUT2D eigenvalue weighted by molar-refractivity contribution is -0.113. The van der Waals surface area contributed by atoms with Gasteiger partial charge >= 0.3 is 0 Å². The molecule has 3 aromatic rings. The first-order chi connectivity index (χ1) is 17.0. The number of aromatic nitrogens is 3. The Hall–Kier alpha value is -3.59. The van der Waals surface area contributed by atoms with Gasteiger partial charge in [0.05, 0.1) is 18.9 Å². The Labute approximate surface area is 209 Å². The lowest BCUT2D eigenvalue weighted by Gasteiger charge is -2.25. The summed E-state index contributed by atoms with van der Waals surface area (Å²) in [6, 6.07) is 14.7. The lowest BCUT2D eigenvalue weighted by Crippen LogP contribution is -2.32. The van der Waals surface area contributed by atoms with Gasteiger partial charge in [-0.25, -0.2) is 0 Å². The van der Waals surface area contributed by atoms with E-state index in [2.05, 4.69) is 22.1 Å². The van der Waals surface area contributed by atoms with Gasteiger partial charge in [0.2, 0.25) is 5.91 Å². The van der Waals surface area contributed by atoms with Crippen molar-refractivity contribution in [2.24, 2.45) is 0 Å². The average Bonchev–Trinajstić information content (AvgIpc) is 3.49. The number of ether oxygens (including phenoxy) is 1. The van der Waals surface area contributed by atoms with E-state index < -0.39 is 0 Å². The minimum atomic E-state index is -0.171. The number of hydrogen-bond donors (Lipinski definition) is 1. The van der Waals surface area contributed by atoms with Gasteiger partial charge in [-0.2, -0.15) is 0 Å². The van der Waals surface area contributed by atoms with Crippen molar-refractivity contribution >= 4 is 29.3 Å². The molecular weight excluding hydrogens is 462 g/mol. The summed E-state index contributed by atoms with van der Waals surface area (Å²) >= 11 is 1.31. The van der Waals surface area contributed by atoms with Crippen LogP contribution in [-0.4, -0.2) is 50.9 Å². The van der Waals surface area contributed by atoms with Gasteiger partial charge in [0, 0.05) is 30.4 Å². The van der Waals surface area contributed by atoms with E-state index in [0.29, 0.717) is 35.2 Å². The van der Waals surface area contributed by atoms with E-state index in [4.69, 9.17) is 4.74 Å². The Bertz CT molecular complexity index is 1230. The van der Waals surface area contributed by atoms with Gasteiger partial charge in [0.15, 0.2) is 11.0 Å². The van der Waals surface area contributed by atoms with Gasteiger partial charge in [-0.05, 0) is 44.0 Å². The highest BCUT2D eigenvalue weighted by atomic mass is 32.2. The number of carbonyl (C=O) groups is 2. The number of benzene rings is 2. The molecule has 1 atom stereocenters. The van der Waals surface area contributed by atoms with Crippen molar-refractivity contribution in [3.63, 3.8) is 0 Å². The molecule has 0 radical (unpaired) electrons. The molecule has 1 saturated heterocycles. The van der Waals surface area contributed by atoms with E-state index in [0.717, 1.165) is 24.2 Å². The summed E-state index contributed by atoms with van der Waals surface area (Å²) in [7, 11) is 1.58. The van der Waals surface area contributed by atoms with Crippen LogP contribution in [0.15, 0.2) is 66.3 Å². The third-order valence-corrected chi connectivity index (χ3v) is 6.79. The standard InChI is InChI=1S/C26H29N5O3S/c1-4-13-31-24(22-12-7-14-30(22)25(33)19-9-5-8-18(2)15-19)28-29-26(31)35-17-23(32)27-20-10-6-11-21(16-20)34-3/h4-6,8-11,15-16,22H,1,7,12-14,17H2,2-3H3,(H,27,32). The van der Waals surface area contributed by atoms with Crippen LogP contribution in [0.5, 0.6) is 5.75 Å². The lowest BCUT2D eigenvalue weighted by atomic mass is 10.1. The van der Waals surface area contributed by atoms with Gasteiger partial charge in [-0.1, -0.05) is 41.6 Å². The Kier molecular flexibility index (Phi) is 7.87. The predicted molar refractivity (Wildman–Crippen MR) is 137 cm³/mol. The van der Waals surface area contributed by atoms with Crippen molar-refractivity contribution < 1.29 is 14.3 Å². The Balaban J connectivity index is 1.48. The predicted octanol–water partition coefficient (Wildman–Crippen LogP) is 4.49. The second-order valence-electron chi connectivity index (χ2n) is 8.33. The summed E-state index contributed by atoms with van der Waals surface area (Å²) in [5.41, 5.74) is 2.39. The molecule has 1 fully saturated rings. The number of methoxy groups -OCH3 is 1. The molecule has 0 saturated carbocycles. The van der Waals surface area contributed by atoms with Crippen LogP contribution in [0.25, 0.3) is 0 Å². The molecule has 2 aromatic carbocycles. The summed E-state index contributed by atoms with van der Waals surface area (Å²) in [5, 5.41) is 12.3. The smallest absolute Gasteiger partial charge is 0.254 e. The first-order valence-electron chi connectivity index (χ1n) is 11.5. The number of thioether (sulfide) groups is 1. The van der Waals surface area contributed by atoms with Gasteiger partial charge in [-0.15, -0.1) is 16.8 Å². The normalized spacial score (nSPS) is 15.1. The van der Waals surface area contributed by atoms with E-state index in [1.165, 1.54) is 11.8 Å². The minimum absolute atomic E-state index is 0.00350. The van der Waals surface area contributed by atoms with E-state index in [1.54, 1.807) is 19.3 Å². The SMILES string of the molecule is C=CCn1c(SCC(=O)Nc2cccc(OC)c2)nnc1C1CCCN1C(=O)c1cccc(C)c1. The highest BCUT2D eigenvalue weighted by Crippen LogP contribution is 2.34. The zero-order chi connectivity index (χ0) is 24.8. The number of aryl methyl sites for hydroxylation is 1. The first-order valence-corrected chi connectivity index (χ1v) is 12.5. The fourth-order valence-electron chi connectivity index (χ4n) is 4.20. The second-order valence-corrected chi connectivity index (χ2v) is 9.28. The molecule has 1 aliphatic heterocycles. The molecule has 1 aromatic heterocycles. The van der Waals surface area contributed by atoms with Crippen molar-refractivity contribution in [2.75, 3.05) is 24.7 Å². The number of likely N-dealkylation sites (tertiary alicyclic amines) is 1. The zero-order valence-corrected chi connectivity index (χ0v) is 20.8. The maximum absolute atomic E-state index is 13.3. The number of allylic oxidation sites excluding steroid dienone is 1. The number of rotatable bonds is 9. The number of nitrogens with zero attached hydrogens (tertiary/aromatic N) is 4. The van der Waals surface area contributed by atoms with Crippen molar-refractivity contribution in [1.29, 1.82) is 0 Å². The van der Waals surface area contributed by atoms with Crippen LogP contribution < -0.4 is 10.1 Å². The average molecular weight is 492 g/mol. The number of anilines is 1. The maximum Gasteiger partial charge on any atom is 0.254 e. The zero-order valence-electron chi connectivity index (χ0n) is 19.9. The third-order valence-electron chi connectivity index (χ3n) is 5.82. The molecule has 35 heavy (non-hydrogen) atoms. The highest BCUT2D eigenvalue weighted by Gasteiger charge is 2.34. The van der Waals surface area contributed by atoms with Crippen LogP contribution in [-0.2, 0) is 11.3 Å².